The number of fused-ring (bicyclic) bond motifs is 1. The van der Waals surface area contributed by atoms with Crippen LogP contribution >= 0.6 is 0 Å². The van der Waals surface area contributed by atoms with Crippen LogP contribution in [-0.4, -0.2) is 18.9 Å². The van der Waals surface area contributed by atoms with E-state index in [9.17, 15) is 4.79 Å². The second-order valence-corrected chi connectivity index (χ2v) is 3.02. The summed E-state index contributed by atoms with van der Waals surface area (Å²) >= 11 is 0. The Morgan fingerprint density at radius 2 is 2.13 bits per heavy atom. The molecule has 0 saturated carbocycles. The zero-order valence-corrected chi connectivity index (χ0v) is 8.77. The highest BCUT2D eigenvalue weighted by atomic mass is 16.5. The minimum absolute atomic E-state index is 0.131. The molecular formula is C12H15NO2. The number of Topliss-reactive ketones (excluding diaryl/α,β-unsaturated/α-hetero) is 1. The van der Waals surface area contributed by atoms with Crippen LogP contribution in [0.5, 0.6) is 5.75 Å². The van der Waals surface area contributed by atoms with E-state index < -0.39 is 0 Å². The number of benzene rings is 1. The van der Waals surface area contributed by atoms with Crippen LogP contribution < -0.4 is 10.5 Å². The normalized spacial score (nSPS) is 18.0. The second-order valence-electron chi connectivity index (χ2n) is 3.02. The van der Waals surface area contributed by atoms with Gasteiger partial charge in [0, 0.05) is 0 Å². The van der Waals surface area contributed by atoms with Crippen molar-refractivity contribution >= 4 is 5.78 Å². The Hall–Kier alpha value is -1.61. The molecule has 0 spiro atoms. The van der Waals surface area contributed by atoms with Crippen LogP contribution in [0.25, 0.3) is 0 Å². The number of ketones is 1. The Kier molecular flexibility index (Phi) is 4.06. The van der Waals surface area contributed by atoms with Gasteiger partial charge in [-0.25, -0.2) is 0 Å². The maximum absolute atomic E-state index is 11.5. The van der Waals surface area contributed by atoms with E-state index >= 15 is 0 Å². The molecule has 2 N–H and O–H groups in total. The van der Waals surface area contributed by atoms with Crippen molar-refractivity contribution in [1.29, 1.82) is 0 Å². The lowest BCUT2D eigenvalue weighted by Crippen LogP contribution is -2.24. The molecule has 0 aliphatic carbocycles. The predicted octanol–water partition coefficient (Wildman–Crippen LogP) is 1.78. The van der Waals surface area contributed by atoms with Crippen LogP contribution in [0.4, 0.5) is 0 Å². The largest absolute Gasteiger partial charge is 0.485 e. The van der Waals surface area contributed by atoms with E-state index in [1.165, 1.54) is 7.05 Å². The lowest BCUT2D eigenvalue weighted by Gasteiger charge is -2.22. The molecule has 3 heteroatoms. The van der Waals surface area contributed by atoms with Crippen molar-refractivity contribution in [3.63, 3.8) is 0 Å². The summed E-state index contributed by atoms with van der Waals surface area (Å²) in [6.45, 7) is 3.61. The summed E-state index contributed by atoms with van der Waals surface area (Å²) in [5.74, 6) is 0.801. The van der Waals surface area contributed by atoms with Crippen LogP contribution in [0.3, 0.4) is 0 Å². The van der Waals surface area contributed by atoms with Crippen LogP contribution in [0, 0.1) is 0 Å². The van der Waals surface area contributed by atoms with Gasteiger partial charge in [0.2, 0.25) is 0 Å². The first-order valence-corrected chi connectivity index (χ1v) is 4.80. The summed E-state index contributed by atoms with van der Waals surface area (Å²) < 4.78 is 5.51. The maximum atomic E-state index is 11.5. The Morgan fingerprint density at radius 1 is 1.47 bits per heavy atom. The minimum atomic E-state index is -0.164. The van der Waals surface area contributed by atoms with E-state index in [2.05, 4.69) is 12.3 Å². The van der Waals surface area contributed by atoms with Crippen molar-refractivity contribution in [2.24, 2.45) is 5.73 Å². The molecule has 0 aromatic heterocycles. The fraction of sp³-hybridized carbons (Fsp3) is 0.250. The van der Waals surface area contributed by atoms with Crippen LogP contribution in [0.15, 0.2) is 36.9 Å². The van der Waals surface area contributed by atoms with Gasteiger partial charge >= 0.3 is 0 Å². The van der Waals surface area contributed by atoms with Gasteiger partial charge in [-0.05, 0) is 19.2 Å². The van der Waals surface area contributed by atoms with E-state index in [1.54, 1.807) is 12.1 Å². The minimum Gasteiger partial charge on any atom is -0.485 e. The molecule has 0 radical (unpaired) electrons. The monoisotopic (exact) mass is 205 g/mol. The summed E-state index contributed by atoms with van der Waals surface area (Å²) in [5.41, 5.74) is 5.18. The highest BCUT2D eigenvalue weighted by molar-refractivity contribution is 6.00. The SMILES string of the molecule is C=C[C@@H]1CC(=O)c2ccccc2O1.CN. The number of carbonyl (C=O) groups is 1. The van der Waals surface area contributed by atoms with E-state index in [0.717, 1.165) is 0 Å². The van der Waals surface area contributed by atoms with Crippen molar-refractivity contribution in [1.82, 2.24) is 0 Å². The highest BCUT2D eigenvalue weighted by Gasteiger charge is 2.23. The van der Waals surface area contributed by atoms with Gasteiger partial charge in [0.1, 0.15) is 11.9 Å². The molecule has 1 heterocycles. The Morgan fingerprint density at radius 3 is 2.80 bits per heavy atom. The van der Waals surface area contributed by atoms with Gasteiger partial charge in [-0.15, -0.1) is 0 Å². The standard InChI is InChI=1S/C11H10O2.CH5N/c1-2-8-7-10(12)9-5-3-4-6-11(9)13-8;1-2/h2-6,8H,1,7H2;2H2,1H3/t8-;/m1./s1. The molecule has 1 aliphatic heterocycles. The lowest BCUT2D eigenvalue weighted by molar-refractivity contribution is 0.0894. The lowest BCUT2D eigenvalue weighted by atomic mass is 10.0. The summed E-state index contributed by atoms with van der Waals surface area (Å²) in [4.78, 5) is 11.5. The molecule has 3 nitrogen and oxygen atoms in total. The molecule has 0 fully saturated rings. The first-order valence-electron chi connectivity index (χ1n) is 4.80. The summed E-state index contributed by atoms with van der Waals surface area (Å²) in [7, 11) is 1.50. The van der Waals surface area contributed by atoms with Crippen molar-refractivity contribution in [3.05, 3.63) is 42.5 Å². The fourth-order valence-electron chi connectivity index (χ4n) is 1.43. The van der Waals surface area contributed by atoms with E-state index in [1.807, 2.05) is 18.2 Å². The number of ether oxygens (including phenoxy) is 1. The van der Waals surface area contributed by atoms with Crippen LogP contribution in [-0.2, 0) is 0 Å². The number of hydrogen-bond acceptors (Lipinski definition) is 3. The molecule has 0 amide bonds. The van der Waals surface area contributed by atoms with Gasteiger partial charge in [0.15, 0.2) is 5.78 Å². The van der Waals surface area contributed by atoms with Gasteiger partial charge in [0.25, 0.3) is 0 Å². The molecule has 2 rings (SSSR count). The van der Waals surface area contributed by atoms with Crippen molar-refractivity contribution < 1.29 is 9.53 Å². The quantitative estimate of drug-likeness (QED) is 0.711. The molecule has 1 aliphatic rings. The van der Waals surface area contributed by atoms with Crippen LogP contribution in [0.2, 0.25) is 0 Å². The molecule has 15 heavy (non-hydrogen) atoms. The average Bonchev–Trinajstić information content (AvgIpc) is 2.31. The van der Waals surface area contributed by atoms with E-state index in [0.29, 0.717) is 17.7 Å². The first kappa shape index (κ1) is 11.5. The zero-order valence-electron chi connectivity index (χ0n) is 8.77. The number of carbonyl (C=O) groups excluding carboxylic acids is 1. The maximum Gasteiger partial charge on any atom is 0.170 e. The summed E-state index contributed by atoms with van der Waals surface area (Å²) in [5, 5.41) is 0. The van der Waals surface area contributed by atoms with Gasteiger partial charge in [0.05, 0.1) is 12.0 Å². The fourth-order valence-corrected chi connectivity index (χ4v) is 1.43. The van der Waals surface area contributed by atoms with Gasteiger partial charge in [-0.1, -0.05) is 24.8 Å². The Labute approximate surface area is 89.5 Å². The first-order chi connectivity index (χ1) is 7.31. The molecule has 0 bridgehead atoms. The smallest absolute Gasteiger partial charge is 0.170 e. The topological polar surface area (TPSA) is 52.3 Å². The van der Waals surface area contributed by atoms with Gasteiger partial charge < -0.3 is 10.5 Å². The highest BCUT2D eigenvalue weighted by Crippen LogP contribution is 2.27. The number of hydrogen-bond donors (Lipinski definition) is 1. The Balaban J connectivity index is 0.000000531. The molecule has 0 saturated heterocycles. The van der Waals surface area contributed by atoms with Crippen molar-refractivity contribution in [2.45, 2.75) is 12.5 Å². The molecule has 1 aromatic rings. The van der Waals surface area contributed by atoms with E-state index in [-0.39, 0.29) is 11.9 Å². The van der Waals surface area contributed by atoms with Crippen molar-refractivity contribution in [2.75, 3.05) is 7.05 Å². The molecule has 1 aromatic carbocycles. The third-order valence-electron chi connectivity index (χ3n) is 2.12. The van der Waals surface area contributed by atoms with E-state index in [4.69, 9.17) is 4.74 Å². The molecule has 1 atom stereocenters. The average molecular weight is 205 g/mol. The van der Waals surface area contributed by atoms with Gasteiger partial charge in [-0.3, -0.25) is 4.79 Å². The third kappa shape index (κ3) is 2.44. The number of para-hydroxylation sites is 1. The molecular weight excluding hydrogens is 190 g/mol. The van der Waals surface area contributed by atoms with Crippen molar-refractivity contribution in [3.8, 4) is 5.75 Å². The zero-order chi connectivity index (χ0) is 11.3. The molecule has 0 unspecified atom stereocenters. The predicted molar refractivity (Wildman–Crippen MR) is 60.1 cm³/mol. The third-order valence-corrected chi connectivity index (χ3v) is 2.12. The molecule has 80 valence electrons. The summed E-state index contributed by atoms with van der Waals surface area (Å²) in [6, 6.07) is 7.30. The van der Waals surface area contributed by atoms with Gasteiger partial charge in [-0.2, -0.15) is 0 Å². The summed E-state index contributed by atoms with van der Waals surface area (Å²) in [6.07, 6.45) is 1.90. The van der Waals surface area contributed by atoms with Crippen LogP contribution in [0.1, 0.15) is 16.8 Å². The number of rotatable bonds is 1. The number of nitrogens with two attached hydrogens (primary N) is 1. The Bertz CT molecular complexity index is 360. The second kappa shape index (κ2) is 5.32.